The van der Waals surface area contributed by atoms with Crippen LogP contribution < -0.4 is 10.6 Å². The Kier molecular flexibility index (Phi) is 4.44. The molecule has 2 N–H and O–H groups in total. The highest BCUT2D eigenvalue weighted by Gasteiger charge is 2.09. The number of aryl methyl sites for hydroxylation is 1. The van der Waals surface area contributed by atoms with Crippen LogP contribution in [0.25, 0.3) is 0 Å². The largest absolute Gasteiger partial charge is 0.397 e. The summed E-state index contributed by atoms with van der Waals surface area (Å²) < 4.78 is 1.84. The topological polar surface area (TPSA) is 47.1 Å². The van der Waals surface area contributed by atoms with Gasteiger partial charge in [-0.15, -0.1) is 0 Å². The lowest BCUT2D eigenvalue weighted by Gasteiger charge is -2.25. The number of hydrogen-bond acceptors (Lipinski definition) is 3. The fraction of sp³-hybridized carbons (Fsp3) is 0.400. The molecule has 0 radical (unpaired) electrons. The van der Waals surface area contributed by atoms with E-state index in [1.165, 1.54) is 5.56 Å². The third-order valence-corrected chi connectivity index (χ3v) is 3.20. The first-order chi connectivity index (χ1) is 9.20. The van der Waals surface area contributed by atoms with Gasteiger partial charge in [-0.05, 0) is 30.5 Å². The Balaban J connectivity index is 2.06. The molecule has 2 rings (SSSR count). The molecule has 0 unspecified atom stereocenters. The first-order valence-electron chi connectivity index (χ1n) is 6.77. The average molecular weight is 258 g/mol. The molecule has 4 heteroatoms. The first-order valence-corrected chi connectivity index (χ1v) is 6.77. The van der Waals surface area contributed by atoms with Gasteiger partial charge in [0, 0.05) is 26.3 Å². The van der Waals surface area contributed by atoms with Crippen LogP contribution >= 0.6 is 0 Å². The lowest BCUT2D eigenvalue weighted by atomic mass is 10.2. The standard InChI is InChI=1S/C15H22N4/c1-3-9-19(15-7-5-4-6-14(15)16)10-8-13-11-17-18(2)12-13/h4-7,11-12H,3,8-10,16H2,1-2H3. The summed E-state index contributed by atoms with van der Waals surface area (Å²) in [7, 11) is 1.95. The van der Waals surface area contributed by atoms with Gasteiger partial charge in [0.1, 0.15) is 0 Å². The number of rotatable bonds is 6. The zero-order valence-electron chi connectivity index (χ0n) is 11.7. The molecule has 1 aromatic heterocycles. The van der Waals surface area contributed by atoms with Gasteiger partial charge in [-0.2, -0.15) is 5.10 Å². The molecule has 0 aliphatic heterocycles. The highest BCUT2D eigenvalue weighted by atomic mass is 15.2. The van der Waals surface area contributed by atoms with Gasteiger partial charge in [-0.3, -0.25) is 4.68 Å². The summed E-state index contributed by atoms with van der Waals surface area (Å²) in [6, 6.07) is 8.07. The van der Waals surface area contributed by atoms with Gasteiger partial charge < -0.3 is 10.6 Å². The van der Waals surface area contributed by atoms with Crippen LogP contribution in [-0.4, -0.2) is 22.9 Å². The molecule has 102 valence electrons. The molecular weight excluding hydrogens is 236 g/mol. The average Bonchev–Trinajstić information content (AvgIpc) is 2.81. The molecule has 0 amide bonds. The van der Waals surface area contributed by atoms with E-state index in [1.807, 2.05) is 36.1 Å². The maximum Gasteiger partial charge on any atom is 0.0600 e. The van der Waals surface area contributed by atoms with E-state index in [0.717, 1.165) is 37.3 Å². The summed E-state index contributed by atoms with van der Waals surface area (Å²) >= 11 is 0. The van der Waals surface area contributed by atoms with Crippen molar-refractivity contribution in [1.82, 2.24) is 9.78 Å². The zero-order valence-corrected chi connectivity index (χ0v) is 11.7. The predicted molar refractivity (Wildman–Crippen MR) is 80.3 cm³/mol. The highest BCUT2D eigenvalue weighted by molar-refractivity contribution is 5.67. The van der Waals surface area contributed by atoms with E-state index in [0.29, 0.717) is 0 Å². The summed E-state index contributed by atoms with van der Waals surface area (Å²) in [5, 5.41) is 4.20. The van der Waals surface area contributed by atoms with Crippen molar-refractivity contribution in [3.05, 3.63) is 42.2 Å². The third-order valence-electron chi connectivity index (χ3n) is 3.20. The molecule has 0 spiro atoms. The van der Waals surface area contributed by atoms with E-state index in [-0.39, 0.29) is 0 Å². The molecule has 19 heavy (non-hydrogen) atoms. The van der Waals surface area contributed by atoms with Crippen molar-refractivity contribution in [3.63, 3.8) is 0 Å². The molecule has 0 aliphatic carbocycles. The maximum absolute atomic E-state index is 6.07. The van der Waals surface area contributed by atoms with Crippen LogP contribution in [0.1, 0.15) is 18.9 Å². The summed E-state index contributed by atoms with van der Waals surface area (Å²) in [5.41, 5.74) is 9.31. The molecule has 2 aromatic rings. The van der Waals surface area contributed by atoms with Crippen LogP contribution in [0.3, 0.4) is 0 Å². The highest BCUT2D eigenvalue weighted by Crippen LogP contribution is 2.22. The molecule has 0 aliphatic rings. The van der Waals surface area contributed by atoms with E-state index in [4.69, 9.17) is 5.73 Å². The van der Waals surface area contributed by atoms with Crippen LogP contribution in [-0.2, 0) is 13.5 Å². The monoisotopic (exact) mass is 258 g/mol. The van der Waals surface area contributed by atoms with E-state index >= 15 is 0 Å². The van der Waals surface area contributed by atoms with Gasteiger partial charge in [0.05, 0.1) is 17.6 Å². The number of para-hydroxylation sites is 2. The minimum Gasteiger partial charge on any atom is -0.397 e. The maximum atomic E-state index is 6.07. The van der Waals surface area contributed by atoms with Crippen LogP contribution in [0.2, 0.25) is 0 Å². The molecule has 1 aromatic carbocycles. The van der Waals surface area contributed by atoms with Crippen LogP contribution in [0.15, 0.2) is 36.7 Å². The quantitative estimate of drug-likeness (QED) is 0.810. The van der Waals surface area contributed by atoms with E-state index in [2.05, 4.69) is 29.2 Å². The number of benzene rings is 1. The minimum absolute atomic E-state index is 0.849. The lowest BCUT2D eigenvalue weighted by Crippen LogP contribution is -2.27. The molecule has 0 saturated carbocycles. The van der Waals surface area contributed by atoms with Crippen molar-refractivity contribution < 1.29 is 0 Å². The summed E-state index contributed by atoms with van der Waals surface area (Å²) in [5.74, 6) is 0. The van der Waals surface area contributed by atoms with Crippen molar-refractivity contribution in [2.75, 3.05) is 23.7 Å². The summed E-state index contributed by atoms with van der Waals surface area (Å²) in [6.45, 7) is 4.18. The molecule has 0 saturated heterocycles. The van der Waals surface area contributed by atoms with E-state index < -0.39 is 0 Å². The van der Waals surface area contributed by atoms with Crippen molar-refractivity contribution in [2.45, 2.75) is 19.8 Å². The van der Waals surface area contributed by atoms with Gasteiger partial charge in [0.25, 0.3) is 0 Å². The second kappa shape index (κ2) is 6.27. The Morgan fingerprint density at radius 1 is 1.26 bits per heavy atom. The second-order valence-electron chi connectivity index (χ2n) is 4.82. The number of nitrogens with zero attached hydrogens (tertiary/aromatic N) is 3. The van der Waals surface area contributed by atoms with Crippen LogP contribution in [0, 0.1) is 0 Å². The van der Waals surface area contributed by atoms with Crippen molar-refractivity contribution in [2.24, 2.45) is 7.05 Å². The fourth-order valence-electron chi connectivity index (χ4n) is 2.26. The molecule has 4 nitrogen and oxygen atoms in total. The van der Waals surface area contributed by atoms with Crippen molar-refractivity contribution >= 4 is 11.4 Å². The first kappa shape index (κ1) is 13.5. The SMILES string of the molecule is CCCN(CCc1cnn(C)c1)c1ccccc1N. The van der Waals surface area contributed by atoms with Gasteiger partial charge in [-0.25, -0.2) is 0 Å². The van der Waals surface area contributed by atoms with Crippen molar-refractivity contribution in [3.8, 4) is 0 Å². The summed E-state index contributed by atoms with van der Waals surface area (Å²) in [6.07, 6.45) is 6.10. The lowest BCUT2D eigenvalue weighted by molar-refractivity contribution is 0.752. The minimum atomic E-state index is 0.849. The molecule has 1 heterocycles. The van der Waals surface area contributed by atoms with Gasteiger partial charge in [-0.1, -0.05) is 19.1 Å². The normalized spacial score (nSPS) is 10.6. The Hall–Kier alpha value is -1.97. The number of nitrogen functional groups attached to an aromatic ring is 1. The Labute approximate surface area is 114 Å². The molecular formula is C15H22N4. The number of anilines is 2. The van der Waals surface area contributed by atoms with E-state index in [9.17, 15) is 0 Å². The van der Waals surface area contributed by atoms with Crippen molar-refractivity contribution in [1.29, 1.82) is 0 Å². The Morgan fingerprint density at radius 3 is 2.68 bits per heavy atom. The van der Waals surface area contributed by atoms with Crippen LogP contribution in [0.5, 0.6) is 0 Å². The van der Waals surface area contributed by atoms with Gasteiger partial charge in [0.15, 0.2) is 0 Å². The summed E-state index contributed by atoms with van der Waals surface area (Å²) in [4.78, 5) is 2.35. The molecule has 0 fully saturated rings. The third kappa shape index (κ3) is 3.50. The second-order valence-corrected chi connectivity index (χ2v) is 4.82. The number of hydrogen-bond donors (Lipinski definition) is 1. The predicted octanol–water partition coefficient (Wildman–Crippen LogP) is 2.46. The smallest absolute Gasteiger partial charge is 0.0600 e. The zero-order chi connectivity index (χ0) is 13.7. The Morgan fingerprint density at radius 2 is 2.05 bits per heavy atom. The molecule has 0 atom stereocenters. The number of aromatic nitrogens is 2. The fourth-order valence-corrected chi connectivity index (χ4v) is 2.26. The molecule has 0 bridgehead atoms. The van der Waals surface area contributed by atoms with E-state index in [1.54, 1.807) is 0 Å². The van der Waals surface area contributed by atoms with Gasteiger partial charge >= 0.3 is 0 Å². The number of nitrogens with two attached hydrogens (primary N) is 1. The van der Waals surface area contributed by atoms with Crippen LogP contribution in [0.4, 0.5) is 11.4 Å². The Bertz CT molecular complexity index is 518. The van der Waals surface area contributed by atoms with Gasteiger partial charge in [0.2, 0.25) is 0 Å².